The lowest BCUT2D eigenvalue weighted by atomic mass is 9.97. The van der Waals surface area contributed by atoms with Gasteiger partial charge in [-0.15, -0.1) is 12.6 Å². The summed E-state index contributed by atoms with van der Waals surface area (Å²) in [6.07, 6.45) is 0. The van der Waals surface area contributed by atoms with E-state index in [1.807, 2.05) is 24.3 Å². The molecule has 15 heavy (non-hydrogen) atoms. The highest BCUT2D eigenvalue weighted by Gasteiger charge is 2.15. The van der Waals surface area contributed by atoms with Gasteiger partial charge in [-0.1, -0.05) is 24.3 Å². The first-order valence-electron chi connectivity index (χ1n) is 4.89. The van der Waals surface area contributed by atoms with Crippen LogP contribution < -0.4 is 4.74 Å². The molecule has 74 valence electrons. The Morgan fingerprint density at radius 1 is 1.00 bits per heavy atom. The van der Waals surface area contributed by atoms with Crippen LogP contribution in [0, 0.1) is 0 Å². The topological polar surface area (TPSA) is 9.23 Å². The molecule has 0 saturated carbocycles. The Balaban J connectivity index is 2.28. The maximum atomic E-state index is 5.66. The highest BCUT2D eigenvalue weighted by molar-refractivity contribution is 7.80. The monoisotopic (exact) mass is 214 g/mol. The predicted molar refractivity (Wildman–Crippen MR) is 63.5 cm³/mol. The lowest BCUT2D eigenvalue weighted by Gasteiger charge is -2.20. The zero-order chi connectivity index (χ0) is 10.3. The Kier molecular flexibility index (Phi) is 1.96. The number of benzene rings is 2. The molecule has 0 saturated heterocycles. The van der Waals surface area contributed by atoms with Crippen LogP contribution in [0.4, 0.5) is 0 Å². The normalized spacial score (nSPS) is 12.6. The van der Waals surface area contributed by atoms with Crippen molar-refractivity contribution in [2.45, 2.75) is 11.5 Å². The van der Waals surface area contributed by atoms with Crippen LogP contribution in [0.25, 0.3) is 11.1 Å². The molecule has 2 aromatic carbocycles. The summed E-state index contributed by atoms with van der Waals surface area (Å²) in [5.41, 5.74) is 3.63. The van der Waals surface area contributed by atoms with Crippen molar-refractivity contribution in [2.75, 3.05) is 0 Å². The maximum Gasteiger partial charge on any atom is 0.127 e. The first kappa shape index (κ1) is 8.86. The van der Waals surface area contributed by atoms with Crippen LogP contribution in [0.5, 0.6) is 5.75 Å². The second kappa shape index (κ2) is 3.31. The quantitative estimate of drug-likeness (QED) is 0.660. The van der Waals surface area contributed by atoms with Crippen molar-refractivity contribution in [3.05, 3.63) is 48.0 Å². The van der Waals surface area contributed by atoms with Gasteiger partial charge in [0.2, 0.25) is 0 Å². The molecule has 2 aromatic rings. The Morgan fingerprint density at radius 3 is 2.80 bits per heavy atom. The van der Waals surface area contributed by atoms with E-state index >= 15 is 0 Å². The van der Waals surface area contributed by atoms with Gasteiger partial charge in [0.25, 0.3) is 0 Å². The minimum atomic E-state index is 0.653. The van der Waals surface area contributed by atoms with E-state index in [4.69, 9.17) is 4.74 Å². The molecule has 1 heterocycles. The smallest absolute Gasteiger partial charge is 0.127 e. The van der Waals surface area contributed by atoms with Crippen LogP contribution in [0.3, 0.4) is 0 Å². The molecular formula is C13H10OS. The summed E-state index contributed by atoms with van der Waals surface area (Å²) in [5, 5.41) is 0. The predicted octanol–water partition coefficient (Wildman–Crippen LogP) is 3.53. The van der Waals surface area contributed by atoms with Crippen LogP contribution in [-0.2, 0) is 6.61 Å². The summed E-state index contributed by atoms with van der Waals surface area (Å²) < 4.78 is 5.66. The number of hydrogen-bond donors (Lipinski definition) is 1. The van der Waals surface area contributed by atoms with E-state index in [2.05, 4.69) is 30.8 Å². The van der Waals surface area contributed by atoms with Gasteiger partial charge in [-0.3, -0.25) is 0 Å². The minimum absolute atomic E-state index is 0.653. The largest absolute Gasteiger partial charge is 0.488 e. The van der Waals surface area contributed by atoms with Gasteiger partial charge in [0.15, 0.2) is 0 Å². The van der Waals surface area contributed by atoms with E-state index in [9.17, 15) is 0 Å². The fourth-order valence-corrected chi connectivity index (χ4v) is 2.12. The summed E-state index contributed by atoms with van der Waals surface area (Å²) in [6, 6.07) is 14.3. The summed E-state index contributed by atoms with van der Waals surface area (Å²) >= 11 is 4.37. The maximum absolute atomic E-state index is 5.66. The SMILES string of the molecule is Sc1ccc2c(c1)-c1ccccc1OC2. The summed E-state index contributed by atoms with van der Waals surface area (Å²) in [5.74, 6) is 0.962. The molecule has 0 amide bonds. The van der Waals surface area contributed by atoms with Crippen molar-refractivity contribution in [3.8, 4) is 16.9 Å². The minimum Gasteiger partial charge on any atom is -0.488 e. The van der Waals surface area contributed by atoms with Gasteiger partial charge in [0.05, 0.1) is 0 Å². The summed E-state index contributed by atoms with van der Waals surface area (Å²) in [6.45, 7) is 0.653. The summed E-state index contributed by atoms with van der Waals surface area (Å²) in [7, 11) is 0. The molecule has 0 radical (unpaired) electrons. The Labute approximate surface area is 94.1 Å². The van der Waals surface area contributed by atoms with E-state index < -0.39 is 0 Å². The van der Waals surface area contributed by atoms with Crippen LogP contribution in [-0.4, -0.2) is 0 Å². The number of thiol groups is 1. The third-order valence-electron chi connectivity index (χ3n) is 2.65. The molecule has 0 fully saturated rings. The van der Waals surface area contributed by atoms with Gasteiger partial charge in [-0.2, -0.15) is 0 Å². The van der Waals surface area contributed by atoms with E-state index in [1.54, 1.807) is 0 Å². The molecule has 0 spiro atoms. The zero-order valence-electron chi connectivity index (χ0n) is 8.10. The van der Waals surface area contributed by atoms with Gasteiger partial charge < -0.3 is 4.74 Å². The van der Waals surface area contributed by atoms with Crippen molar-refractivity contribution in [1.82, 2.24) is 0 Å². The van der Waals surface area contributed by atoms with Crippen LogP contribution in [0.15, 0.2) is 47.4 Å². The molecule has 0 aromatic heterocycles. The first-order valence-corrected chi connectivity index (χ1v) is 5.33. The van der Waals surface area contributed by atoms with Crippen LogP contribution in [0.1, 0.15) is 5.56 Å². The molecule has 3 rings (SSSR count). The Bertz CT molecular complexity index is 520. The standard InChI is InChI=1S/C13H10OS/c15-10-6-5-9-8-14-13-4-2-1-3-11(13)12(9)7-10/h1-7,15H,8H2. The second-order valence-electron chi connectivity index (χ2n) is 3.63. The molecule has 1 aliphatic heterocycles. The number of para-hydroxylation sites is 1. The third-order valence-corrected chi connectivity index (χ3v) is 2.93. The lowest BCUT2D eigenvalue weighted by Crippen LogP contribution is -2.04. The van der Waals surface area contributed by atoms with Gasteiger partial charge in [0.1, 0.15) is 12.4 Å². The number of rotatable bonds is 0. The zero-order valence-corrected chi connectivity index (χ0v) is 9.00. The van der Waals surface area contributed by atoms with Crippen molar-refractivity contribution < 1.29 is 4.74 Å². The van der Waals surface area contributed by atoms with Crippen molar-refractivity contribution in [1.29, 1.82) is 0 Å². The van der Waals surface area contributed by atoms with Gasteiger partial charge in [0, 0.05) is 10.5 Å². The Morgan fingerprint density at radius 2 is 1.87 bits per heavy atom. The molecule has 0 atom stereocenters. The van der Waals surface area contributed by atoms with Crippen LogP contribution in [0.2, 0.25) is 0 Å². The molecule has 0 bridgehead atoms. The average Bonchev–Trinajstić information content (AvgIpc) is 2.29. The molecule has 0 unspecified atom stereocenters. The molecule has 0 aliphatic carbocycles. The van der Waals surface area contributed by atoms with Gasteiger partial charge in [-0.25, -0.2) is 0 Å². The third kappa shape index (κ3) is 1.41. The number of ether oxygens (including phenoxy) is 1. The molecular weight excluding hydrogens is 204 g/mol. The van der Waals surface area contributed by atoms with E-state index in [0.29, 0.717) is 6.61 Å². The fraction of sp³-hybridized carbons (Fsp3) is 0.0769. The lowest BCUT2D eigenvalue weighted by molar-refractivity contribution is 0.302. The fourth-order valence-electron chi connectivity index (χ4n) is 1.91. The van der Waals surface area contributed by atoms with Crippen molar-refractivity contribution >= 4 is 12.6 Å². The number of fused-ring (bicyclic) bond motifs is 3. The molecule has 1 aliphatic rings. The molecule has 0 N–H and O–H groups in total. The average molecular weight is 214 g/mol. The second-order valence-corrected chi connectivity index (χ2v) is 4.14. The highest BCUT2D eigenvalue weighted by atomic mass is 32.1. The number of hydrogen-bond acceptors (Lipinski definition) is 2. The van der Waals surface area contributed by atoms with Gasteiger partial charge >= 0.3 is 0 Å². The molecule has 1 nitrogen and oxygen atoms in total. The highest BCUT2D eigenvalue weighted by Crippen LogP contribution is 2.37. The van der Waals surface area contributed by atoms with Gasteiger partial charge in [-0.05, 0) is 29.3 Å². The van der Waals surface area contributed by atoms with E-state index in [-0.39, 0.29) is 0 Å². The van der Waals surface area contributed by atoms with Crippen LogP contribution >= 0.6 is 12.6 Å². The van der Waals surface area contributed by atoms with E-state index in [0.717, 1.165) is 16.2 Å². The Hall–Kier alpha value is -1.41. The van der Waals surface area contributed by atoms with E-state index in [1.165, 1.54) is 11.1 Å². The summed E-state index contributed by atoms with van der Waals surface area (Å²) in [4.78, 5) is 0.991. The molecule has 2 heteroatoms. The van der Waals surface area contributed by atoms with Crippen molar-refractivity contribution in [2.24, 2.45) is 0 Å². The van der Waals surface area contributed by atoms with Crippen molar-refractivity contribution in [3.63, 3.8) is 0 Å². The first-order chi connectivity index (χ1) is 7.34.